The number of methoxy groups -OCH3 is 1. The largest absolute Gasteiger partial charge is 0.493 e. The van der Waals surface area contributed by atoms with Gasteiger partial charge in [-0.15, -0.1) is 0 Å². The first-order valence-electron chi connectivity index (χ1n) is 7.94. The lowest BCUT2D eigenvalue weighted by molar-refractivity contribution is 0.0950. The van der Waals surface area contributed by atoms with Gasteiger partial charge in [0.2, 0.25) is 0 Å². The minimum atomic E-state index is -0.437. The molecule has 8 nitrogen and oxygen atoms in total. The Kier molecular flexibility index (Phi) is 5.33. The Morgan fingerprint density at radius 1 is 1.35 bits per heavy atom. The quantitative estimate of drug-likeness (QED) is 0.502. The molecule has 3 aromatic rings. The van der Waals surface area contributed by atoms with Crippen molar-refractivity contribution in [3.8, 4) is 23.0 Å². The SMILES string of the molecule is CCOc1ccc(C=NNC(=O)c2cc(-c3ccco3)[nH]n2)cc1OC. The molecule has 0 saturated carbocycles. The molecule has 0 atom stereocenters. The number of furan rings is 1. The van der Waals surface area contributed by atoms with Crippen LogP contribution in [0.4, 0.5) is 0 Å². The van der Waals surface area contributed by atoms with E-state index in [9.17, 15) is 4.79 Å². The third-order valence-electron chi connectivity index (χ3n) is 3.46. The number of carbonyl (C=O) groups is 1. The van der Waals surface area contributed by atoms with E-state index in [1.165, 1.54) is 6.21 Å². The van der Waals surface area contributed by atoms with Crippen LogP contribution in [0.1, 0.15) is 23.0 Å². The van der Waals surface area contributed by atoms with Gasteiger partial charge in [-0.3, -0.25) is 9.89 Å². The summed E-state index contributed by atoms with van der Waals surface area (Å²) in [5, 5.41) is 10.6. The zero-order valence-corrected chi connectivity index (χ0v) is 14.4. The van der Waals surface area contributed by atoms with Crippen LogP contribution in [0.25, 0.3) is 11.5 Å². The van der Waals surface area contributed by atoms with Crippen LogP contribution in [-0.4, -0.2) is 36.0 Å². The second kappa shape index (κ2) is 8.02. The fourth-order valence-electron chi connectivity index (χ4n) is 2.26. The number of H-pyrrole nitrogens is 1. The average molecular weight is 354 g/mol. The van der Waals surface area contributed by atoms with Crippen LogP contribution in [0.3, 0.4) is 0 Å². The lowest BCUT2D eigenvalue weighted by atomic mass is 10.2. The summed E-state index contributed by atoms with van der Waals surface area (Å²) in [5.41, 5.74) is 4.00. The number of benzene rings is 1. The highest BCUT2D eigenvalue weighted by molar-refractivity contribution is 5.94. The van der Waals surface area contributed by atoms with Crippen LogP contribution < -0.4 is 14.9 Å². The highest BCUT2D eigenvalue weighted by Crippen LogP contribution is 2.27. The molecule has 2 heterocycles. The van der Waals surface area contributed by atoms with Crippen molar-refractivity contribution in [2.24, 2.45) is 5.10 Å². The van der Waals surface area contributed by atoms with Crippen LogP contribution in [-0.2, 0) is 0 Å². The first-order chi connectivity index (χ1) is 12.7. The molecule has 1 amide bonds. The zero-order chi connectivity index (χ0) is 18.4. The highest BCUT2D eigenvalue weighted by atomic mass is 16.5. The monoisotopic (exact) mass is 354 g/mol. The average Bonchev–Trinajstić information content (AvgIpc) is 3.34. The van der Waals surface area contributed by atoms with Crippen molar-refractivity contribution in [3.63, 3.8) is 0 Å². The molecule has 26 heavy (non-hydrogen) atoms. The molecule has 0 radical (unpaired) electrons. The Morgan fingerprint density at radius 2 is 2.23 bits per heavy atom. The number of hydrazone groups is 1. The molecule has 0 fully saturated rings. The van der Waals surface area contributed by atoms with Crippen molar-refractivity contribution < 1.29 is 18.7 Å². The molecule has 0 aliphatic carbocycles. The predicted molar refractivity (Wildman–Crippen MR) is 95.5 cm³/mol. The number of hydrogen-bond acceptors (Lipinski definition) is 6. The Bertz CT molecular complexity index is 900. The van der Waals surface area contributed by atoms with Crippen molar-refractivity contribution in [3.05, 3.63) is 53.9 Å². The van der Waals surface area contributed by atoms with Gasteiger partial charge >= 0.3 is 0 Å². The van der Waals surface area contributed by atoms with E-state index in [4.69, 9.17) is 13.9 Å². The first-order valence-corrected chi connectivity index (χ1v) is 7.94. The summed E-state index contributed by atoms with van der Waals surface area (Å²) in [5.74, 6) is 1.41. The molecule has 3 rings (SSSR count). The van der Waals surface area contributed by atoms with Gasteiger partial charge in [-0.1, -0.05) is 0 Å². The van der Waals surface area contributed by atoms with Gasteiger partial charge in [0.1, 0.15) is 5.69 Å². The third-order valence-corrected chi connectivity index (χ3v) is 3.46. The second-order valence-corrected chi connectivity index (χ2v) is 5.19. The number of carbonyl (C=O) groups excluding carboxylic acids is 1. The summed E-state index contributed by atoms with van der Waals surface area (Å²) >= 11 is 0. The Morgan fingerprint density at radius 3 is 2.96 bits per heavy atom. The Balaban J connectivity index is 1.64. The van der Waals surface area contributed by atoms with E-state index in [-0.39, 0.29) is 5.69 Å². The summed E-state index contributed by atoms with van der Waals surface area (Å²) in [4.78, 5) is 12.1. The molecule has 0 saturated heterocycles. The van der Waals surface area contributed by atoms with E-state index in [0.717, 1.165) is 5.56 Å². The van der Waals surface area contributed by atoms with E-state index in [1.54, 1.807) is 43.7 Å². The van der Waals surface area contributed by atoms with Crippen LogP contribution in [0.5, 0.6) is 11.5 Å². The number of hydrogen-bond donors (Lipinski definition) is 2. The lowest BCUT2D eigenvalue weighted by Crippen LogP contribution is -2.18. The molecule has 0 unspecified atom stereocenters. The molecule has 0 aliphatic heterocycles. The summed E-state index contributed by atoms with van der Waals surface area (Å²) in [6, 6.07) is 10.5. The van der Waals surface area contributed by atoms with Gasteiger partial charge in [-0.2, -0.15) is 10.2 Å². The van der Waals surface area contributed by atoms with Gasteiger partial charge in [0.25, 0.3) is 5.91 Å². The molecule has 0 spiro atoms. The fourth-order valence-corrected chi connectivity index (χ4v) is 2.26. The van der Waals surface area contributed by atoms with E-state index in [0.29, 0.717) is 29.6 Å². The van der Waals surface area contributed by atoms with Gasteiger partial charge in [0.15, 0.2) is 23.0 Å². The van der Waals surface area contributed by atoms with Gasteiger partial charge in [-0.25, -0.2) is 5.43 Å². The van der Waals surface area contributed by atoms with Gasteiger partial charge in [0, 0.05) is 6.07 Å². The van der Waals surface area contributed by atoms with Gasteiger partial charge in [-0.05, 0) is 42.8 Å². The molecule has 134 valence electrons. The standard InChI is InChI=1S/C18H18N4O4/c1-3-25-16-7-6-12(9-17(16)24-2)11-19-22-18(23)14-10-13(20-21-14)15-5-4-8-26-15/h4-11H,3H2,1-2H3,(H,20,21)(H,22,23). The number of nitrogens with zero attached hydrogens (tertiary/aromatic N) is 2. The smallest absolute Gasteiger partial charge is 0.291 e. The maximum absolute atomic E-state index is 12.1. The van der Waals surface area contributed by atoms with Crippen LogP contribution in [0, 0.1) is 0 Å². The minimum Gasteiger partial charge on any atom is -0.493 e. The summed E-state index contributed by atoms with van der Waals surface area (Å²) in [6.07, 6.45) is 3.06. The molecule has 0 bridgehead atoms. The van der Waals surface area contributed by atoms with Crippen LogP contribution >= 0.6 is 0 Å². The maximum atomic E-state index is 12.1. The molecule has 0 aliphatic rings. The molecule has 8 heteroatoms. The fraction of sp³-hybridized carbons (Fsp3) is 0.167. The third kappa shape index (κ3) is 3.92. The number of rotatable bonds is 7. The molecular weight excluding hydrogens is 336 g/mol. The van der Waals surface area contributed by atoms with Crippen LogP contribution in [0.15, 0.2) is 52.2 Å². The van der Waals surface area contributed by atoms with E-state index < -0.39 is 5.91 Å². The molecule has 2 aromatic heterocycles. The van der Waals surface area contributed by atoms with Crippen LogP contribution in [0.2, 0.25) is 0 Å². The lowest BCUT2D eigenvalue weighted by Gasteiger charge is -2.09. The normalized spacial score (nSPS) is 10.8. The zero-order valence-electron chi connectivity index (χ0n) is 14.4. The van der Waals surface area contributed by atoms with E-state index >= 15 is 0 Å². The number of amides is 1. The molecule has 2 N–H and O–H groups in total. The summed E-state index contributed by atoms with van der Waals surface area (Å²) < 4.78 is 16.0. The van der Waals surface area contributed by atoms with Crippen molar-refractivity contribution >= 4 is 12.1 Å². The van der Waals surface area contributed by atoms with E-state index in [2.05, 4.69) is 20.7 Å². The van der Waals surface area contributed by atoms with Crippen molar-refractivity contribution in [1.82, 2.24) is 15.6 Å². The summed E-state index contributed by atoms with van der Waals surface area (Å²) in [6.45, 7) is 2.44. The van der Waals surface area contributed by atoms with Crippen molar-refractivity contribution in [2.45, 2.75) is 6.92 Å². The van der Waals surface area contributed by atoms with E-state index in [1.807, 2.05) is 13.0 Å². The summed E-state index contributed by atoms with van der Waals surface area (Å²) in [7, 11) is 1.56. The Hall–Kier alpha value is -3.55. The van der Waals surface area contributed by atoms with Gasteiger partial charge in [0.05, 0.1) is 26.2 Å². The number of aromatic nitrogens is 2. The number of nitrogens with one attached hydrogen (secondary N) is 2. The van der Waals surface area contributed by atoms with Crippen molar-refractivity contribution in [2.75, 3.05) is 13.7 Å². The number of aromatic amines is 1. The topological polar surface area (TPSA) is 102 Å². The molecular formula is C18H18N4O4. The second-order valence-electron chi connectivity index (χ2n) is 5.19. The first kappa shape index (κ1) is 17.3. The highest BCUT2D eigenvalue weighted by Gasteiger charge is 2.12. The maximum Gasteiger partial charge on any atom is 0.291 e. The van der Waals surface area contributed by atoms with Gasteiger partial charge < -0.3 is 13.9 Å². The molecule has 1 aromatic carbocycles. The predicted octanol–water partition coefficient (Wildman–Crippen LogP) is 2.84. The number of ether oxygens (including phenoxy) is 2. The Labute approximate surface area is 149 Å². The minimum absolute atomic E-state index is 0.206. The van der Waals surface area contributed by atoms with Crippen molar-refractivity contribution in [1.29, 1.82) is 0 Å².